The maximum Gasteiger partial charge on any atom is 0.226 e. The molecule has 3 heterocycles. The number of nitrogens with one attached hydrogen (secondary N) is 2. The van der Waals surface area contributed by atoms with E-state index in [9.17, 15) is 0 Å². The molecule has 7 nitrogen and oxygen atoms in total. The van der Waals surface area contributed by atoms with Crippen LogP contribution in [0.5, 0.6) is 0 Å². The van der Waals surface area contributed by atoms with Crippen LogP contribution in [0.15, 0.2) is 6.07 Å². The van der Waals surface area contributed by atoms with E-state index < -0.39 is 0 Å². The number of hydrogen-bond donors (Lipinski definition) is 3. The SMILES string of the molecule is CNc1nc(NC2CCN(C)C2)nc2nc(C)cc(C)c12.CO. The van der Waals surface area contributed by atoms with Crippen LogP contribution in [0.3, 0.4) is 0 Å². The van der Waals surface area contributed by atoms with Crippen molar-refractivity contribution < 1.29 is 5.11 Å². The summed E-state index contributed by atoms with van der Waals surface area (Å²) in [7, 11) is 5.02. The molecule has 0 bridgehead atoms. The van der Waals surface area contributed by atoms with E-state index in [4.69, 9.17) is 5.11 Å². The smallest absolute Gasteiger partial charge is 0.226 e. The number of aromatic nitrogens is 3. The van der Waals surface area contributed by atoms with Crippen LogP contribution in [-0.4, -0.2) is 65.3 Å². The van der Waals surface area contributed by atoms with Gasteiger partial charge < -0.3 is 20.6 Å². The van der Waals surface area contributed by atoms with Crippen LogP contribution in [0, 0.1) is 13.8 Å². The van der Waals surface area contributed by atoms with Crippen LogP contribution in [0.2, 0.25) is 0 Å². The first-order chi connectivity index (χ1) is 11.1. The van der Waals surface area contributed by atoms with Gasteiger partial charge in [-0.1, -0.05) is 0 Å². The lowest BCUT2D eigenvalue weighted by Crippen LogP contribution is -2.24. The zero-order valence-electron chi connectivity index (χ0n) is 14.5. The molecule has 7 heteroatoms. The van der Waals surface area contributed by atoms with Crippen molar-refractivity contribution in [3.05, 3.63) is 17.3 Å². The first kappa shape index (κ1) is 17.4. The van der Waals surface area contributed by atoms with E-state index in [1.165, 1.54) is 0 Å². The van der Waals surface area contributed by atoms with Gasteiger partial charge in [-0.3, -0.25) is 0 Å². The van der Waals surface area contributed by atoms with Crippen LogP contribution in [0.1, 0.15) is 17.7 Å². The van der Waals surface area contributed by atoms with Crippen LogP contribution in [0.4, 0.5) is 11.8 Å². The van der Waals surface area contributed by atoms with Gasteiger partial charge in [-0.15, -0.1) is 0 Å². The fraction of sp³-hybridized carbons (Fsp3) is 0.562. The Hall–Kier alpha value is -1.99. The van der Waals surface area contributed by atoms with Crippen LogP contribution < -0.4 is 10.6 Å². The molecule has 3 rings (SSSR count). The Morgan fingerprint density at radius 1 is 1.22 bits per heavy atom. The summed E-state index contributed by atoms with van der Waals surface area (Å²) in [5, 5.41) is 14.6. The van der Waals surface area contributed by atoms with Gasteiger partial charge in [0.1, 0.15) is 5.82 Å². The van der Waals surface area contributed by atoms with Crippen LogP contribution in [0.25, 0.3) is 11.0 Å². The van der Waals surface area contributed by atoms with Gasteiger partial charge in [0.15, 0.2) is 5.65 Å². The molecular formula is C16H26N6O. The molecule has 0 aromatic carbocycles. The molecule has 126 valence electrons. The molecule has 1 aliphatic heterocycles. The molecule has 0 amide bonds. The second-order valence-electron chi connectivity index (χ2n) is 5.82. The number of fused-ring (bicyclic) bond motifs is 1. The van der Waals surface area contributed by atoms with Crippen molar-refractivity contribution in [2.75, 3.05) is 44.9 Å². The predicted molar refractivity (Wildman–Crippen MR) is 94.0 cm³/mol. The third-order valence-corrected chi connectivity index (χ3v) is 3.95. The monoisotopic (exact) mass is 318 g/mol. The zero-order valence-corrected chi connectivity index (χ0v) is 14.5. The third-order valence-electron chi connectivity index (χ3n) is 3.95. The predicted octanol–water partition coefficient (Wildman–Crippen LogP) is 1.41. The molecular weight excluding hydrogens is 292 g/mol. The average Bonchev–Trinajstić information content (AvgIpc) is 2.92. The number of pyridine rings is 1. The van der Waals surface area contributed by atoms with Gasteiger partial charge >= 0.3 is 0 Å². The highest BCUT2D eigenvalue weighted by atomic mass is 16.2. The molecule has 2 aromatic heterocycles. The first-order valence-electron chi connectivity index (χ1n) is 7.80. The standard InChI is InChI=1S/C15H22N6.CH4O/c1-9-7-10(2)17-14-12(9)13(16-3)19-15(20-14)18-11-5-6-21(4)8-11;1-2/h7,11H,5-6,8H2,1-4H3,(H2,16,17,18,19,20);2H,1H3. The molecule has 1 aliphatic rings. The number of nitrogens with zero attached hydrogens (tertiary/aromatic N) is 4. The largest absolute Gasteiger partial charge is 0.400 e. The van der Waals surface area contributed by atoms with Gasteiger partial charge in [0.2, 0.25) is 5.95 Å². The highest BCUT2D eigenvalue weighted by Crippen LogP contribution is 2.25. The number of likely N-dealkylation sites (tertiary alicyclic amines) is 1. The molecule has 0 spiro atoms. The van der Waals surface area contributed by atoms with Crippen LogP contribution >= 0.6 is 0 Å². The van der Waals surface area contributed by atoms with E-state index in [0.29, 0.717) is 12.0 Å². The summed E-state index contributed by atoms with van der Waals surface area (Å²) in [5.74, 6) is 1.49. The lowest BCUT2D eigenvalue weighted by molar-refractivity contribution is 0.399. The second-order valence-corrected chi connectivity index (χ2v) is 5.82. The van der Waals surface area contributed by atoms with Crippen molar-refractivity contribution in [3.8, 4) is 0 Å². The van der Waals surface area contributed by atoms with Crippen molar-refractivity contribution in [1.29, 1.82) is 0 Å². The summed E-state index contributed by atoms with van der Waals surface area (Å²) in [6, 6.07) is 2.47. The van der Waals surface area contributed by atoms with E-state index in [1.54, 1.807) is 0 Å². The van der Waals surface area contributed by atoms with E-state index in [0.717, 1.165) is 54.7 Å². The highest BCUT2D eigenvalue weighted by molar-refractivity contribution is 5.90. The highest BCUT2D eigenvalue weighted by Gasteiger charge is 2.21. The Kier molecular flexibility index (Phi) is 5.68. The number of likely N-dealkylation sites (N-methyl/N-ethyl adjacent to an activating group) is 1. The Morgan fingerprint density at radius 2 is 1.96 bits per heavy atom. The van der Waals surface area contributed by atoms with E-state index in [-0.39, 0.29) is 0 Å². The Labute approximate surface area is 137 Å². The summed E-state index contributed by atoms with van der Waals surface area (Å²) in [5.41, 5.74) is 2.88. The van der Waals surface area contributed by atoms with Crippen molar-refractivity contribution in [2.45, 2.75) is 26.3 Å². The number of rotatable bonds is 3. The Bertz CT molecular complexity index is 675. The number of hydrogen-bond acceptors (Lipinski definition) is 7. The summed E-state index contributed by atoms with van der Waals surface area (Å²) in [6.07, 6.45) is 1.12. The fourth-order valence-electron chi connectivity index (χ4n) is 2.96. The topological polar surface area (TPSA) is 86.2 Å². The number of anilines is 2. The Morgan fingerprint density at radius 3 is 2.57 bits per heavy atom. The van der Waals surface area contributed by atoms with Gasteiger partial charge in [0, 0.05) is 32.4 Å². The van der Waals surface area contributed by atoms with E-state index in [1.807, 2.05) is 14.0 Å². The zero-order chi connectivity index (χ0) is 17.0. The molecule has 1 atom stereocenters. The Balaban J connectivity index is 0.000000924. The maximum absolute atomic E-state index is 7.00. The summed E-state index contributed by atoms with van der Waals surface area (Å²) < 4.78 is 0. The van der Waals surface area contributed by atoms with Gasteiger partial charge in [0.25, 0.3) is 0 Å². The molecule has 1 unspecified atom stereocenters. The fourth-order valence-corrected chi connectivity index (χ4v) is 2.96. The van der Waals surface area contributed by atoms with E-state index >= 15 is 0 Å². The van der Waals surface area contributed by atoms with Crippen molar-refractivity contribution in [2.24, 2.45) is 0 Å². The van der Waals surface area contributed by atoms with Crippen molar-refractivity contribution >= 4 is 22.8 Å². The molecule has 2 aromatic rings. The summed E-state index contributed by atoms with van der Waals surface area (Å²) >= 11 is 0. The third kappa shape index (κ3) is 3.86. The molecule has 1 saturated heterocycles. The molecule has 0 aliphatic carbocycles. The van der Waals surface area contributed by atoms with Crippen LogP contribution in [-0.2, 0) is 0 Å². The number of aryl methyl sites for hydroxylation is 2. The lowest BCUT2D eigenvalue weighted by atomic mass is 10.1. The average molecular weight is 318 g/mol. The molecule has 3 N–H and O–H groups in total. The minimum atomic E-state index is 0.406. The first-order valence-corrected chi connectivity index (χ1v) is 7.80. The van der Waals surface area contributed by atoms with Gasteiger partial charge in [-0.2, -0.15) is 9.97 Å². The molecule has 1 fully saturated rings. The molecule has 0 radical (unpaired) electrons. The number of aliphatic hydroxyl groups is 1. The minimum Gasteiger partial charge on any atom is -0.400 e. The second kappa shape index (κ2) is 7.52. The van der Waals surface area contributed by atoms with E-state index in [2.05, 4.69) is 50.5 Å². The molecule has 0 saturated carbocycles. The lowest BCUT2D eigenvalue weighted by Gasteiger charge is -2.15. The van der Waals surface area contributed by atoms with Crippen molar-refractivity contribution in [3.63, 3.8) is 0 Å². The normalized spacial score (nSPS) is 17.7. The molecule has 23 heavy (non-hydrogen) atoms. The quantitative estimate of drug-likeness (QED) is 0.789. The minimum absolute atomic E-state index is 0.406. The van der Waals surface area contributed by atoms with Gasteiger partial charge in [-0.05, 0) is 45.5 Å². The van der Waals surface area contributed by atoms with Gasteiger partial charge in [-0.25, -0.2) is 4.98 Å². The van der Waals surface area contributed by atoms with Gasteiger partial charge in [0.05, 0.1) is 5.39 Å². The maximum atomic E-state index is 7.00. The number of aliphatic hydroxyl groups excluding tert-OH is 1. The van der Waals surface area contributed by atoms with Crippen molar-refractivity contribution in [1.82, 2.24) is 19.9 Å². The summed E-state index contributed by atoms with van der Waals surface area (Å²) in [4.78, 5) is 16.1. The summed E-state index contributed by atoms with van der Waals surface area (Å²) in [6.45, 7) is 6.20.